The van der Waals surface area contributed by atoms with E-state index in [1.54, 1.807) is 0 Å². The largest absolute Gasteiger partial charge is 0.353 e. The molecule has 136 valence electrons. The van der Waals surface area contributed by atoms with Crippen molar-refractivity contribution in [2.24, 2.45) is 17.3 Å². The zero-order valence-electron chi connectivity index (χ0n) is 16.0. The topological polar surface area (TPSA) is 32.8 Å². The molecule has 3 aliphatic rings. The maximum absolute atomic E-state index is 13.4. The molecule has 1 amide bonds. The zero-order chi connectivity index (χ0) is 18.0. The van der Waals surface area contributed by atoms with Crippen molar-refractivity contribution >= 4 is 5.91 Å². The number of rotatable bonds is 3. The van der Waals surface area contributed by atoms with E-state index in [1.165, 1.54) is 5.56 Å². The van der Waals surface area contributed by atoms with Crippen molar-refractivity contribution in [3.63, 3.8) is 0 Å². The standard InChI is InChI=1S/C21H30N2O2/c1-14(2)17-12-25-21(5)18-11-22(13-20(18,4)19(24)23(17)21)15(3)16-9-7-6-8-10-16/h6-10,14-15,17-18H,11-13H2,1-5H3/t15-,17+,18+,20-,21+/m0/s1. The highest BCUT2D eigenvalue weighted by molar-refractivity contribution is 5.87. The Balaban J connectivity index is 1.63. The molecule has 25 heavy (non-hydrogen) atoms. The molecule has 4 nitrogen and oxygen atoms in total. The van der Waals surface area contributed by atoms with Gasteiger partial charge in [0.25, 0.3) is 0 Å². The van der Waals surface area contributed by atoms with Crippen LogP contribution in [0.1, 0.15) is 46.2 Å². The van der Waals surface area contributed by atoms with Crippen molar-refractivity contribution in [3.8, 4) is 0 Å². The van der Waals surface area contributed by atoms with Crippen molar-refractivity contribution in [2.45, 2.75) is 52.4 Å². The Labute approximate surface area is 151 Å². The first-order valence-electron chi connectivity index (χ1n) is 9.56. The molecule has 0 aliphatic carbocycles. The highest BCUT2D eigenvalue weighted by atomic mass is 16.5. The number of ether oxygens (including phenoxy) is 1. The molecule has 5 atom stereocenters. The molecule has 0 radical (unpaired) electrons. The first-order chi connectivity index (χ1) is 11.8. The van der Waals surface area contributed by atoms with E-state index in [4.69, 9.17) is 4.74 Å². The molecule has 1 aromatic rings. The summed E-state index contributed by atoms with van der Waals surface area (Å²) in [6.07, 6.45) is 0. The number of amides is 1. The third kappa shape index (κ3) is 2.23. The second-order valence-electron chi connectivity index (χ2n) is 8.84. The highest BCUT2D eigenvalue weighted by Crippen LogP contribution is 2.57. The van der Waals surface area contributed by atoms with Gasteiger partial charge in [-0.05, 0) is 32.3 Å². The molecule has 0 N–H and O–H groups in total. The molecular formula is C21H30N2O2. The van der Waals surface area contributed by atoms with Gasteiger partial charge in [0, 0.05) is 25.0 Å². The summed E-state index contributed by atoms with van der Waals surface area (Å²) < 4.78 is 6.30. The van der Waals surface area contributed by atoms with Gasteiger partial charge >= 0.3 is 0 Å². The van der Waals surface area contributed by atoms with E-state index < -0.39 is 5.72 Å². The van der Waals surface area contributed by atoms with Crippen molar-refractivity contribution in [1.29, 1.82) is 0 Å². The maximum Gasteiger partial charge on any atom is 0.232 e. The van der Waals surface area contributed by atoms with Crippen LogP contribution in [-0.2, 0) is 9.53 Å². The number of hydrogen-bond donors (Lipinski definition) is 0. The molecular weight excluding hydrogens is 312 g/mol. The van der Waals surface area contributed by atoms with Crippen LogP contribution in [0.2, 0.25) is 0 Å². The van der Waals surface area contributed by atoms with E-state index in [1.807, 2.05) is 0 Å². The Bertz CT molecular complexity index is 676. The van der Waals surface area contributed by atoms with Crippen LogP contribution in [0.3, 0.4) is 0 Å². The number of carbonyl (C=O) groups excluding carboxylic acids is 1. The molecule has 0 unspecified atom stereocenters. The summed E-state index contributed by atoms with van der Waals surface area (Å²) in [5, 5.41) is 0. The monoisotopic (exact) mass is 342 g/mol. The van der Waals surface area contributed by atoms with Gasteiger partial charge in [-0.2, -0.15) is 0 Å². The number of benzene rings is 1. The quantitative estimate of drug-likeness (QED) is 0.845. The number of nitrogens with zero attached hydrogens (tertiary/aromatic N) is 2. The van der Waals surface area contributed by atoms with Gasteiger partial charge in [0.1, 0.15) is 5.72 Å². The molecule has 0 bridgehead atoms. The van der Waals surface area contributed by atoms with Crippen LogP contribution in [0.25, 0.3) is 0 Å². The Kier molecular flexibility index (Phi) is 3.79. The molecule has 1 aromatic carbocycles. The summed E-state index contributed by atoms with van der Waals surface area (Å²) in [4.78, 5) is 18.0. The molecule has 3 heterocycles. The summed E-state index contributed by atoms with van der Waals surface area (Å²) in [6.45, 7) is 13.3. The van der Waals surface area contributed by atoms with Crippen molar-refractivity contribution < 1.29 is 9.53 Å². The van der Waals surface area contributed by atoms with E-state index in [0.717, 1.165) is 13.1 Å². The van der Waals surface area contributed by atoms with Gasteiger partial charge in [-0.15, -0.1) is 0 Å². The minimum Gasteiger partial charge on any atom is -0.353 e. The number of likely N-dealkylation sites (tertiary alicyclic amines) is 1. The summed E-state index contributed by atoms with van der Waals surface area (Å²) in [7, 11) is 0. The Morgan fingerprint density at radius 2 is 1.84 bits per heavy atom. The van der Waals surface area contributed by atoms with Crippen LogP contribution >= 0.6 is 0 Å². The molecule has 0 aromatic heterocycles. The number of hydrogen-bond acceptors (Lipinski definition) is 3. The Morgan fingerprint density at radius 3 is 2.48 bits per heavy atom. The molecule has 0 saturated carbocycles. The fourth-order valence-corrected chi connectivity index (χ4v) is 5.36. The third-order valence-corrected chi connectivity index (χ3v) is 7.03. The first kappa shape index (κ1) is 17.0. The second kappa shape index (κ2) is 5.55. The Morgan fingerprint density at radius 1 is 1.16 bits per heavy atom. The minimum absolute atomic E-state index is 0.208. The average Bonchev–Trinajstić information content (AvgIpc) is 3.17. The van der Waals surface area contributed by atoms with Crippen molar-refractivity contribution in [1.82, 2.24) is 9.80 Å². The van der Waals surface area contributed by atoms with Gasteiger partial charge in [-0.1, -0.05) is 44.2 Å². The predicted molar refractivity (Wildman–Crippen MR) is 97.9 cm³/mol. The Hall–Kier alpha value is -1.39. The smallest absolute Gasteiger partial charge is 0.232 e. The maximum atomic E-state index is 13.4. The molecule has 4 rings (SSSR count). The van der Waals surface area contributed by atoms with Crippen molar-refractivity contribution in [3.05, 3.63) is 35.9 Å². The molecule has 3 aliphatic heterocycles. The number of carbonyl (C=O) groups is 1. The van der Waals surface area contributed by atoms with E-state index in [-0.39, 0.29) is 17.4 Å². The van der Waals surface area contributed by atoms with E-state index in [2.05, 4.69) is 74.8 Å². The zero-order valence-corrected chi connectivity index (χ0v) is 16.0. The molecule has 3 fully saturated rings. The lowest BCUT2D eigenvalue weighted by atomic mass is 9.78. The normalized spacial score (nSPS) is 39.1. The average molecular weight is 342 g/mol. The summed E-state index contributed by atoms with van der Waals surface area (Å²) in [5.41, 5.74) is 0.519. The SMILES string of the molecule is CC(C)[C@H]1CO[C@]2(C)[C@@H]3CN([C@@H](C)c4ccccc4)C[C@]3(C)C(=O)N12. The fourth-order valence-electron chi connectivity index (χ4n) is 5.36. The van der Waals surface area contributed by atoms with Gasteiger partial charge in [0.15, 0.2) is 0 Å². The van der Waals surface area contributed by atoms with Gasteiger partial charge < -0.3 is 9.64 Å². The van der Waals surface area contributed by atoms with Crippen LogP contribution < -0.4 is 0 Å². The summed E-state index contributed by atoms with van der Waals surface area (Å²) in [6, 6.07) is 11.1. The van der Waals surface area contributed by atoms with Crippen LogP contribution in [0.5, 0.6) is 0 Å². The molecule has 0 spiro atoms. The van der Waals surface area contributed by atoms with Crippen LogP contribution in [-0.4, -0.2) is 47.2 Å². The highest BCUT2D eigenvalue weighted by Gasteiger charge is 2.70. The van der Waals surface area contributed by atoms with E-state index >= 15 is 0 Å². The van der Waals surface area contributed by atoms with Crippen LogP contribution in [0.15, 0.2) is 30.3 Å². The van der Waals surface area contributed by atoms with Crippen molar-refractivity contribution in [2.75, 3.05) is 19.7 Å². The lowest BCUT2D eigenvalue weighted by Gasteiger charge is -2.36. The molecule has 4 heteroatoms. The predicted octanol–water partition coefficient (Wildman–Crippen LogP) is 3.30. The second-order valence-corrected chi connectivity index (χ2v) is 8.84. The summed E-state index contributed by atoms with van der Waals surface area (Å²) in [5.74, 6) is 0.939. The van der Waals surface area contributed by atoms with Gasteiger partial charge in [-0.3, -0.25) is 9.69 Å². The first-order valence-corrected chi connectivity index (χ1v) is 9.56. The summed E-state index contributed by atoms with van der Waals surface area (Å²) >= 11 is 0. The van der Waals surface area contributed by atoms with Crippen LogP contribution in [0.4, 0.5) is 0 Å². The lowest BCUT2D eigenvalue weighted by Crippen LogP contribution is -2.49. The minimum atomic E-state index is -0.452. The number of fused-ring (bicyclic) bond motifs is 3. The third-order valence-electron chi connectivity index (χ3n) is 7.03. The lowest BCUT2D eigenvalue weighted by molar-refractivity contribution is -0.143. The van der Waals surface area contributed by atoms with Gasteiger partial charge in [-0.25, -0.2) is 0 Å². The van der Waals surface area contributed by atoms with E-state index in [0.29, 0.717) is 24.5 Å². The van der Waals surface area contributed by atoms with E-state index in [9.17, 15) is 4.79 Å². The molecule has 3 saturated heterocycles. The van der Waals surface area contributed by atoms with Gasteiger partial charge in [0.2, 0.25) is 5.91 Å². The van der Waals surface area contributed by atoms with Gasteiger partial charge in [0.05, 0.1) is 18.1 Å². The fraction of sp³-hybridized carbons (Fsp3) is 0.667. The van der Waals surface area contributed by atoms with Crippen LogP contribution in [0, 0.1) is 17.3 Å².